The highest BCUT2D eigenvalue weighted by Gasteiger charge is 2.15. The number of ether oxygens (including phenoxy) is 1. The zero-order valence-electron chi connectivity index (χ0n) is 15.4. The summed E-state index contributed by atoms with van der Waals surface area (Å²) in [7, 11) is 0. The molecule has 0 aromatic heterocycles. The number of alkyl carbamates (subject to hydrolysis) is 1. The first-order valence-corrected chi connectivity index (χ1v) is 9.09. The van der Waals surface area contributed by atoms with Gasteiger partial charge in [0.05, 0.1) is 0 Å². The smallest absolute Gasteiger partial charge is 0.407 e. The van der Waals surface area contributed by atoms with Crippen molar-refractivity contribution in [3.05, 3.63) is 0 Å². The molecule has 0 saturated heterocycles. The summed E-state index contributed by atoms with van der Waals surface area (Å²) in [6, 6.07) is 0.449. The number of urea groups is 1. The maximum atomic E-state index is 11.6. The molecular formula is C17H34N4O3. The van der Waals surface area contributed by atoms with E-state index in [1.165, 1.54) is 32.1 Å². The van der Waals surface area contributed by atoms with Gasteiger partial charge in [-0.3, -0.25) is 0 Å². The Labute approximate surface area is 145 Å². The van der Waals surface area contributed by atoms with Gasteiger partial charge in [-0.25, -0.2) is 9.59 Å². The van der Waals surface area contributed by atoms with Gasteiger partial charge in [-0.05, 0) is 46.6 Å². The molecule has 0 spiro atoms. The van der Waals surface area contributed by atoms with Gasteiger partial charge in [-0.2, -0.15) is 0 Å². The van der Waals surface area contributed by atoms with Crippen LogP contribution in [0.3, 0.4) is 0 Å². The van der Waals surface area contributed by atoms with E-state index in [0.29, 0.717) is 25.7 Å². The molecule has 0 aliphatic heterocycles. The van der Waals surface area contributed by atoms with E-state index in [2.05, 4.69) is 21.3 Å². The number of hydrogen-bond donors (Lipinski definition) is 4. The summed E-state index contributed by atoms with van der Waals surface area (Å²) in [6.45, 7) is 7.71. The van der Waals surface area contributed by atoms with Crippen molar-refractivity contribution in [1.29, 1.82) is 0 Å². The molecule has 7 nitrogen and oxygen atoms in total. The topological polar surface area (TPSA) is 91.5 Å². The molecule has 0 bridgehead atoms. The molecule has 3 amide bonds. The first kappa shape index (κ1) is 20.5. The van der Waals surface area contributed by atoms with Gasteiger partial charge in [0.25, 0.3) is 0 Å². The van der Waals surface area contributed by atoms with Crippen molar-refractivity contribution in [3.8, 4) is 0 Å². The molecule has 4 N–H and O–H groups in total. The molecule has 1 aliphatic carbocycles. The third kappa shape index (κ3) is 11.1. The van der Waals surface area contributed by atoms with Gasteiger partial charge < -0.3 is 26.0 Å². The average molecular weight is 342 g/mol. The molecule has 7 heteroatoms. The molecule has 0 atom stereocenters. The van der Waals surface area contributed by atoms with Crippen LogP contribution in [0.5, 0.6) is 0 Å². The van der Waals surface area contributed by atoms with Gasteiger partial charge in [-0.1, -0.05) is 19.3 Å². The van der Waals surface area contributed by atoms with E-state index in [1.807, 2.05) is 0 Å². The van der Waals surface area contributed by atoms with Crippen LogP contribution in [0, 0.1) is 0 Å². The number of hydrogen-bond acceptors (Lipinski definition) is 4. The summed E-state index contributed by atoms with van der Waals surface area (Å²) in [5.74, 6) is 0. The lowest BCUT2D eigenvalue weighted by atomic mass is 9.95. The van der Waals surface area contributed by atoms with Crippen LogP contribution in [0.1, 0.15) is 59.3 Å². The van der Waals surface area contributed by atoms with Gasteiger partial charge in [0.1, 0.15) is 5.60 Å². The molecule has 140 valence electrons. The summed E-state index contributed by atoms with van der Waals surface area (Å²) in [5.41, 5.74) is -0.513. The van der Waals surface area contributed by atoms with Crippen LogP contribution < -0.4 is 21.3 Å². The quantitative estimate of drug-likeness (QED) is 0.509. The van der Waals surface area contributed by atoms with Crippen molar-refractivity contribution < 1.29 is 14.3 Å². The van der Waals surface area contributed by atoms with Crippen molar-refractivity contribution in [2.24, 2.45) is 0 Å². The highest BCUT2D eigenvalue weighted by Crippen LogP contribution is 2.17. The lowest BCUT2D eigenvalue weighted by Gasteiger charge is -2.22. The highest BCUT2D eigenvalue weighted by molar-refractivity contribution is 5.73. The summed E-state index contributed by atoms with van der Waals surface area (Å²) >= 11 is 0. The van der Waals surface area contributed by atoms with Crippen molar-refractivity contribution in [2.75, 3.05) is 26.2 Å². The third-order valence-electron chi connectivity index (χ3n) is 3.76. The Morgan fingerprint density at radius 3 is 2.21 bits per heavy atom. The Hall–Kier alpha value is -1.50. The Kier molecular flexibility index (Phi) is 9.52. The average Bonchev–Trinajstić information content (AvgIpc) is 2.50. The van der Waals surface area contributed by atoms with Crippen LogP contribution in [0.4, 0.5) is 9.59 Å². The zero-order valence-corrected chi connectivity index (χ0v) is 15.4. The molecule has 1 saturated carbocycles. The zero-order chi connectivity index (χ0) is 17.8. The summed E-state index contributed by atoms with van der Waals surface area (Å²) in [5, 5.41) is 11.7. The van der Waals surface area contributed by atoms with E-state index < -0.39 is 11.7 Å². The summed E-state index contributed by atoms with van der Waals surface area (Å²) < 4.78 is 5.10. The molecule has 0 heterocycles. The second-order valence-corrected chi connectivity index (χ2v) is 7.25. The van der Waals surface area contributed by atoms with Crippen molar-refractivity contribution in [3.63, 3.8) is 0 Å². The minimum atomic E-state index is -0.513. The number of nitrogens with one attached hydrogen (secondary N) is 4. The fourth-order valence-electron chi connectivity index (χ4n) is 2.62. The van der Waals surface area contributed by atoms with Crippen molar-refractivity contribution in [1.82, 2.24) is 21.3 Å². The normalized spacial score (nSPS) is 15.6. The van der Waals surface area contributed by atoms with Gasteiger partial charge in [0, 0.05) is 25.7 Å². The van der Waals surface area contributed by atoms with Crippen LogP contribution in [0.15, 0.2) is 0 Å². The van der Waals surface area contributed by atoms with Crippen LogP contribution >= 0.6 is 0 Å². The number of rotatable bonds is 8. The fraction of sp³-hybridized carbons (Fsp3) is 0.882. The first-order valence-electron chi connectivity index (χ1n) is 9.09. The highest BCUT2D eigenvalue weighted by atomic mass is 16.6. The fourth-order valence-corrected chi connectivity index (χ4v) is 2.62. The Morgan fingerprint density at radius 1 is 0.917 bits per heavy atom. The lowest BCUT2D eigenvalue weighted by Crippen LogP contribution is -2.42. The van der Waals surface area contributed by atoms with Crippen LogP contribution in [0.25, 0.3) is 0 Å². The minimum absolute atomic E-state index is 0.210. The van der Waals surface area contributed by atoms with Crippen LogP contribution in [-0.4, -0.2) is 49.9 Å². The minimum Gasteiger partial charge on any atom is -0.444 e. The first-order chi connectivity index (χ1) is 11.4. The standard InChI is InChI=1S/C17H34N4O3/c1-17(2,3)24-16(23)21-13-12-20-15(22)19-11-7-10-18-14-8-5-4-6-9-14/h14,18H,4-13H2,1-3H3,(H,21,23)(H2,19,20,22). The van der Waals surface area contributed by atoms with Crippen LogP contribution in [0.2, 0.25) is 0 Å². The lowest BCUT2D eigenvalue weighted by molar-refractivity contribution is 0.0528. The SMILES string of the molecule is CC(C)(C)OC(=O)NCCNC(=O)NCCCNC1CCCCC1. The summed E-state index contributed by atoms with van der Waals surface area (Å²) in [6.07, 6.45) is 7.02. The maximum Gasteiger partial charge on any atom is 0.407 e. The third-order valence-corrected chi connectivity index (χ3v) is 3.76. The maximum absolute atomic E-state index is 11.6. The molecule has 0 aromatic carbocycles. The van der Waals surface area contributed by atoms with E-state index >= 15 is 0 Å². The van der Waals surface area contributed by atoms with Crippen molar-refractivity contribution in [2.45, 2.75) is 70.9 Å². The monoisotopic (exact) mass is 342 g/mol. The second kappa shape index (κ2) is 11.1. The number of amides is 3. The molecule has 1 fully saturated rings. The molecule has 0 aromatic rings. The van der Waals surface area contributed by atoms with E-state index in [9.17, 15) is 9.59 Å². The molecule has 1 rings (SSSR count). The predicted molar refractivity (Wildman–Crippen MR) is 95.1 cm³/mol. The molecule has 0 radical (unpaired) electrons. The Bertz CT molecular complexity index is 377. The van der Waals surface area contributed by atoms with Gasteiger partial charge in [-0.15, -0.1) is 0 Å². The van der Waals surface area contributed by atoms with Gasteiger partial charge >= 0.3 is 12.1 Å². The molecule has 1 aliphatic rings. The Morgan fingerprint density at radius 2 is 1.54 bits per heavy atom. The molecule has 0 unspecified atom stereocenters. The van der Waals surface area contributed by atoms with E-state index in [1.54, 1.807) is 20.8 Å². The number of carbonyl (C=O) groups excluding carboxylic acids is 2. The van der Waals surface area contributed by atoms with E-state index in [-0.39, 0.29) is 6.03 Å². The largest absolute Gasteiger partial charge is 0.444 e. The van der Waals surface area contributed by atoms with Gasteiger partial charge in [0.2, 0.25) is 0 Å². The second-order valence-electron chi connectivity index (χ2n) is 7.25. The predicted octanol–water partition coefficient (Wildman–Crippen LogP) is 2.12. The van der Waals surface area contributed by atoms with E-state index in [0.717, 1.165) is 13.0 Å². The van der Waals surface area contributed by atoms with Crippen LogP contribution in [-0.2, 0) is 4.74 Å². The Balaban J connectivity index is 1.91. The van der Waals surface area contributed by atoms with Crippen molar-refractivity contribution >= 4 is 12.1 Å². The molecular weight excluding hydrogens is 308 g/mol. The van der Waals surface area contributed by atoms with Gasteiger partial charge in [0.15, 0.2) is 0 Å². The molecule has 24 heavy (non-hydrogen) atoms. The summed E-state index contributed by atoms with van der Waals surface area (Å²) in [4.78, 5) is 23.0. The number of carbonyl (C=O) groups is 2. The van der Waals surface area contributed by atoms with E-state index in [4.69, 9.17) is 4.74 Å².